The first kappa shape index (κ1) is 13.7. The Morgan fingerprint density at radius 2 is 2.35 bits per heavy atom. The van der Waals surface area contributed by atoms with Crippen molar-refractivity contribution in [3.05, 3.63) is 18.0 Å². The fourth-order valence-corrected chi connectivity index (χ4v) is 1.47. The van der Waals surface area contributed by atoms with Crippen LogP contribution in [0.3, 0.4) is 0 Å². The van der Waals surface area contributed by atoms with Gasteiger partial charge in [-0.15, -0.1) is 0 Å². The van der Waals surface area contributed by atoms with Crippen LogP contribution in [0, 0.1) is 6.92 Å². The van der Waals surface area contributed by atoms with Crippen LogP contribution in [0.2, 0.25) is 0 Å². The molecule has 1 atom stereocenters. The Kier molecular flexibility index (Phi) is 5.11. The van der Waals surface area contributed by atoms with Gasteiger partial charge in [0, 0.05) is 19.3 Å². The number of nitrogens with zero attached hydrogens (tertiary/aromatic N) is 3. The normalized spacial score (nSPS) is 12.8. The summed E-state index contributed by atoms with van der Waals surface area (Å²) in [5.41, 5.74) is 0.880. The molecule has 0 saturated heterocycles. The maximum Gasteiger partial charge on any atom is 0.241 e. The Bertz CT molecular complexity index is 362. The standard InChI is InChI=1S/C11H20N4O2/c1-9-4-5-15(13-9)8-11(17)12-6-10(16)7-14(2)3/h4-5,10,16H,6-8H2,1-3H3,(H,12,17). The van der Waals surface area contributed by atoms with Crippen molar-refractivity contribution in [2.45, 2.75) is 19.6 Å². The largest absolute Gasteiger partial charge is 0.390 e. The van der Waals surface area contributed by atoms with Crippen molar-refractivity contribution < 1.29 is 9.90 Å². The van der Waals surface area contributed by atoms with Crippen molar-refractivity contribution in [2.75, 3.05) is 27.2 Å². The van der Waals surface area contributed by atoms with Crippen LogP contribution in [-0.2, 0) is 11.3 Å². The second kappa shape index (κ2) is 6.36. The van der Waals surface area contributed by atoms with E-state index < -0.39 is 6.10 Å². The molecule has 6 nitrogen and oxygen atoms in total. The lowest BCUT2D eigenvalue weighted by molar-refractivity contribution is -0.122. The lowest BCUT2D eigenvalue weighted by Crippen LogP contribution is -2.39. The van der Waals surface area contributed by atoms with Crippen LogP contribution in [0.1, 0.15) is 5.69 Å². The lowest BCUT2D eigenvalue weighted by atomic mass is 10.3. The smallest absolute Gasteiger partial charge is 0.241 e. The minimum Gasteiger partial charge on any atom is -0.390 e. The van der Waals surface area contributed by atoms with E-state index in [-0.39, 0.29) is 19.0 Å². The Morgan fingerprint density at radius 1 is 1.65 bits per heavy atom. The number of carbonyl (C=O) groups excluding carboxylic acids is 1. The average Bonchev–Trinajstić information content (AvgIpc) is 2.60. The van der Waals surface area contributed by atoms with Crippen molar-refractivity contribution in [3.63, 3.8) is 0 Å². The van der Waals surface area contributed by atoms with Crippen molar-refractivity contribution in [1.29, 1.82) is 0 Å². The Hall–Kier alpha value is -1.40. The van der Waals surface area contributed by atoms with Crippen molar-refractivity contribution in [2.24, 2.45) is 0 Å². The molecule has 0 radical (unpaired) electrons. The van der Waals surface area contributed by atoms with Gasteiger partial charge in [0.05, 0.1) is 11.8 Å². The molecular formula is C11H20N4O2. The van der Waals surface area contributed by atoms with Crippen LogP contribution in [-0.4, -0.2) is 59.0 Å². The monoisotopic (exact) mass is 240 g/mol. The van der Waals surface area contributed by atoms with E-state index in [4.69, 9.17) is 0 Å². The van der Waals surface area contributed by atoms with Crippen molar-refractivity contribution in [1.82, 2.24) is 20.0 Å². The number of aliphatic hydroxyl groups excluding tert-OH is 1. The number of rotatable bonds is 6. The van der Waals surface area contributed by atoms with Crippen LogP contribution in [0.5, 0.6) is 0 Å². The molecule has 0 saturated carbocycles. The summed E-state index contributed by atoms with van der Waals surface area (Å²) in [5, 5.41) is 16.3. The molecule has 1 aromatic rings. The first-order chi connectivity index (χ1) is 7.97. The van der Waals surface area contributed by atoms with E-state index >= 15 is 0 Å². The van der Waals surface area contributed by atoms with Crippen LogP contribution in [0.4, 0.5) is 0 Å². The Morgan fingerprint density at radius 3 is 2.88 bits per heavy atom. The average molecular weight is 240 g/mol. The van der Waals surface area contributed by atoms with Gasteiger partial charge in [-0.2, -0.15) is 5.10 Å². The van der Waals surface area contributed by atoms with E-state index in [0.29, 0.717) is 6.54 Å². The molecule has 1 amide bonds. The molecule has 1 heterocycles. The number of amides is 1. The van der Waals surface area contributed by atoms with Gasteiger partial charge in [-0.05, 0) is 27.1 Å². The predicted octanol–water partition coefficient (Wildman–Crippen LogP) is -0.770. The summed E-state index contributed by atoms with van der Waals surface area (Å²) in [5.74, 6) is -0.147. The number of nitrogens with one attached hydrogen (secondary N) is 1. The number of aromatic nitrogens is 2. The molecule has 2 N–H and O–H groups in total. The number of hydrogen-bond donors (Lipinski definition) is 2. The fourth-order valence-electron chi connectivity index (χ4n) is 1.47. The van der Waals surface area contributed by atoms with Crippen molar-refractivity contribution in [3.8, 4) is 0 Å². The maximum absolute atomic E-state index is 11.5. The maximum atomic E-state index is 11.5. The zero-order valence-corrected chi connectivity index (χ0v) is 10.6. The lowest BCUT2D eigenvalue weighted by Gasteiger charge is -2.16. The summed E-state index contributed by atoms with van der Waals surface area (Å²) in [4.78, 5) is 13.4. The highest BCUT2D eigenvalue weighted by molar-refractivity contribution is 5.75. The summed E-state index contributed by atoms with van der Waals surface area (Å²) in [7, 11) is 3.75. The third-order valence-corrected chi connectivity index (χ3v) is 2.19. The van der Waals surface area contributed by atoms with Crippen molar-refractivity contribution >= 4 is 5.91 Å². The molecule has 0 spiro atoms. The summed E-state index contributed by atoms with van der Waals surface area (Å²) in [6.07, 6.45) is 1.21. The predicted molar refractivity (Wildman–Crippen MR) is 64.5 cm³/mol. The van der Waals surface area contributed by atoms with Gasteiger partial charge in [0.25, 0.3) is 0 Å². The van der Waals surface area contributed by atoms with Gasteiger partial charge in [-0.3, -0.25) is 9.48 Å². The van der Waals surface area contributed by atoms with E-state index in [9.17, 15) is 9.90 Å². The highest BCUT2D eigenvalue weighted by Crippen LogP contribution is 1.92. The zero-order valence-electron chi connectivity index (χ0n) is 10.6. The molecule has 0 fully saturated rings. The van der Waals surface area contributed by atoms with E-state index in [1.54, 1.807) is 10.9 Å². The van der Waals surface area contributed by atoms with Crippen LogP contribution >= 0.6 is 0 Å². The number of likely N-dealkylation sites (N-methyl/N-ethyl adjacent to an activating group) is 1. The second-order valence-electron chi connectivity index (χ2n) is 4.37. The number of aryl methyl sites for hydroxylation is 1. The van der Waals surface area contributed by atoms with Gasteiger partial charge in [0.1, 0.15) is 6.54 Å². The molecule has 0 aliphatic rings. The quantitative estimate of drug-likeness (QED) is 0.685. The Balaban J connectivity index is 2.26. The van der Waals surface area contributed by atoms with Crippen LogP contribution in [0.15, 0.2) is 12.3 Å². The summed E-state index contributed by atoms with van der Waals surface area (Å²) in [6.45, 7) is 2.84. The SMILES string of the molecule is Cc1ccn(CC(=O)NCC(O)CN(C)C)n1. The Labute approximate surface area is 101 Å². The zero-order chi connectivity index (χ0) is 12.8. The second-order valence-corrected chi connectivity index (χ2v) is 4.37. The molecule has 17 heavy (non-hydrogen) atoms. The molecular weight excluding hydrogens is 220 g/mol. The molecule has 96 valence electrons. The molecule has 0 aliphatic carbocycles. The van der Waals surface area contributed by atoms with Gasteiger partial charge in [-0.25, -0.2) is 0 Å². The molecule has 1 aromatic heterocycles. The highest BCUT2D eigenvalue weighted by atomic mass is 16.3. The van der Waals surface area contributed by atoms with Gasteiger partial charge in [0.2, 0.25) is 5.91 Å². The highest BCUT2D eigenvalue weighted by Gasteiger charge is 2.08. The van der Waals surface area contributed by atoms with Gasteiger partial charge in [-0.1, -0.05) is 0 Å². The van der Waals surface area contributed by atoms with Gasteiger partial charge in [0.15, 0.2) is 0 Å². The fraction of sp³-hybridized carbons (Fsp3) is 0.636. The number of carbonyl (C=O) groups is 1. The van der Waals surface area contributed by atoms with Crippen LogP contribution in [0.25, 0.3) is 0 Å². The third-order valence-electron chi connectivity index (χ3n) is 2.19. The first-order valence-corrected chi connectivity index (χ1v) is 5.57. The van der Waals surface area contributed by atoms with E-state index in [1.807, 2.05) is 32.0 Å². The topological polar surface area (TPSA) is 70.4 Å². The minimum absolute atomic E-state index is 0.147. The molecule has 0 aromatic carbocycles. The summed E-state index contributed by atoms with van der Waals surface area (Å²) >= 11 is 0. The molecule has 6 heteroatoms. The number of hydrogen-bond acceptors (Lipinski definition) is 4. The van der Waals surface area contributed by atoms with Gasteiger partial charge >= 0.3 is 0 Å². The summed E-state index contributed by atoms with van der Waals surface area (Å²) in [6, 6.07) is 1.84. The van der Waals surface area contributed by atoms with E-state index in [2.05, 4.69) is 10.4 Å². The molecule has 1 unspecified atom stereocenters. The minimum atomic E-state index is -0.548. The molecule has 1 rings (SSSR count). The molecule has 0 aliphatic heterocycles. The summed E-state index contributed by atoms with van der Waals surface area (Å²) < 4.78 is 1.57. The third kappa shape index (κ3) is 5.46. The van der Waals surface area contributed by atoms with E-state index in [1.165, 1.54) is 0 Å². The van der Waals surface area contributed by atoms with E-state index in [0.717, 1.165) is 5.69 Å². The number of aliphatic hydroxyl groups is 1. The molecule has 0 bridgehead atoms. The first-order valence-electron chi connectivity index (χ1n) is 5.57. The van der Waals surface area contributed by atoms with Gasteiger partial charge < -0.3 is 15.3 Å². The van der Waals surface area contributed by atoms with Crippen LogP contribution < -0.4 is 5.32 Å².